The molecule has 0 aromatic carbocycles. The van der Waals surface area contributed by atoms with E-state index >= 15 is 0 Å². The number of rotatable bonds is 2. The lowest BCUT2D eigenvalue weighted by atomic mass is 9.95. The van der Waals surface area contributed by atoms with Gasteiger partial charge in [0.1, 0.15) is 6.26 Å². The zero-order valence-corrected chi connectivity index (χ0v) is 14.2. The van der Waals surface area contributed by atoms with Crippen LogP contribution in [0.3, 0.4) is 0 Å². The van der Waals surface area contributed by atoms with Crippen LogP contribution in [0.2, 0.25) is 0 Å². The maximum atomic E-state index is 14.1. The molecule has 3 aliphatic rings. The minimum atomic E-state index is -4.47. The van der Waals surface area contributed by atoms with Crippen molar-refractivity contribution < 1.29 is 31.8 Å². The van der Waals surface area contributed by atoms with Crippen LogP contribution in [0.4, 0.5) is 17.6 Å². The summed E-state index contributed by atoms with van der Waals surface area (Å²) in [5.41, 5.74) is -1.02. The largest absolute Gasteiger partial charge is 0.463 e. The predicted octanol–water partition coefficient (Wildman–Crippen LogP) is 3.91. The summed E-state index contributed by atoms with van der Waals surface area (Å²) in [6, 6.07) is 0. The van der Waals surface area contributed by atoms with Crippen LogP contribution in [0.25, 0.3) is 0 Å². The monoisotopic (exact) mass is 388 g/mol. The van der Waals surface area contributed by atoms with E-state index in [1.54, 1.807) is 0 Å². The summed E-state index contributed by atoms with van der Waals surface area (Å²) in [6.45, 7) is 5.19. The Balaban J connectivity index is 1.87. The average Bonchev–Trinajstić information content (AvgIpc) is 2.90. The molecule has 2 aliphatic heterocycles. The maximum absolute atomic E-state index is 14.1. The van der Waals surface area contributed by atoms with Gasteiger partial charge in [0.05, 0.1) is 12.1 Å². The molecule has 0 spiro atoms. The van der Waals surface area contributed by atoms with Crippen LogP contribution >= 0.6 is 11.8 Å². The Labute approximate surface area is 150 Å². The van der Waals surface area contributed by atoms with Gasteiger partial charge in [0, 0.05) is 11.8 Å². The van der Waals surface area contributed by atoms with Crippen LogP contribution in [0.5, 0.6) is 0 Å². The number of hydrogen-bond acceptors (Lipinski definition) is 4. The van der Waals surface area contributed by atoms with Gasteiger partial charge in [-0.15, -0.1) is 0 Å². The highest BCUT2D eigenvalue weighted by molar-refractivity contribution is 8.17. The fourth-order valence-corrected chi connectivity index (χ4v) is 3.18. The van der Waals surface area contributed by atoms with Crippen molar-refractivity contribution in [3.63, 3.8) is 0 Å². The number of allylic oxidation sites excluding steroid dienone is 4. The van der Waals surface area contributed by atoms with Gasteiger partial charge in [0.2, 0.25) is 11.8 Å². The van der Waals surface area contributed by atoms with Gasteiger partial charge in [-0.3, -0.25) is 9.69 Å². The van der Waals surface area contributed by atoms with Crippen molar-refractivity contribution in [1.29, 1.82) is 0 Å². The molecule has 138 valence electrons. The number of ether oxygens (including phenoxy) is 2. The molecule has 0 N–H and O–H groups in total. The van der Waals surface area contributed by atoms with Gasteiger partial charge in [-0.25, -0.2) is 0 Å². The Kier molecular flexibility index (Phi) is 4.47. The molecule has 0 atom stereocenters. The molecule has 1 fully saturated rings. The molecular formula is C16H12F4N2O3S. The maximum Gasteiger partial charge on any atom is 0.342 e. The van der Waals surface area contributed by atoms with E-state index in [1.165, 1.54) is 11.8 Å². The van der Waals surface area contributed by atoms with Crippen molar-refractivity contribution in [3.8, 4) is 0 Å². The number of amides is 1. The van der Waals surface area contributed by atoms with Crippen molar-refractivity contribution in [2.75, 3.05) is 6.54 Å². The van der Waals surface area contributed by atoms with Crippen molar-refractivity contribution in [2.24, 2.45) is 4.99 Å². The van der Waals surface area contributed by atoms with E-state index in [-0.39, 0.29) is 23.7 Å². The third-order valence-corrected chi connectivity index (χ3v) is 4.38. The standard InChI is InChI=1S/C16H12F4N2O3S/c1-9-6-22(14(26-9)21-10(2)23)13-8-24-7-12(25-13)11-4-3-5-15(17,18)16(11,19)20/h3-5,7-8H,1,6H2,2H3. The van der Waals surface area contributed by atoms with E-state index in [1.807, 2.05) is 0 Å². The lowest BCUT2D eigenvalue weighted by molar-refractivity contribution is -0.156. The zero-order chi connectivity index (χ0) is 19.1. The molecule has 0 aromatic heterocycles. The number of carbonyl (C=O) groups excluding carboxylic acids is 1. The van der Waals surface area contributed by atoms with Gasteiger partial charge < -0.3 is 9.47 Å². The second kappa shape index (κ2) is 6.35. The highest BCUT2D eigenvalue weighted by atomic mass is 32.2. The molecule has 0 aromatic rings. The van der Waals surface area contributed by atoms with E-state index in [9.17, 15) is 22.4 Å². The van der Waals surface area contributed by atoms with E-state index < -0.39 is 29.1 Å². The fraction of sp³-hybridized carbons (Fsp3) is 0.250. The van der Waals surface area contributed by atoms with Crippen LogP contribution in [-0.4, -0.2) is 34.4 Å². The molecule has 26 heavy (non-hydrogen) atoms. The van der Waals surface area contributed by atoms with E-state index in [0.29, 0.717) is 4.91 Å². The van der Waals surface area contributed by atoms with Gasteiger partial charge in [-0.2, -0.15) is 22.6 Å². The molecule has 0 radical (unpaired) electrons. The highest BCUT2D eigenvalue weighted by Crippen LogP contribution is 2.47. The summed E-state index contributed by atoms with van der Waals surface area (Å²) in [4.78, 5) is 17.0. The van der Waals surface area contributed by atoms with Gasteiger partial charge in [0.15, 0.2) is 17.2 Å². The van der Waals surface area contributed by atoms with Crippen LogP contribution in [-0.2, 0) is 14.3 Å². The fourth-order valence-electron chi connectivity index (χ4n) is 2.29. The van der Waals surface area contributed by atoms with Crippen LogP contribution in [0.1, 0.15) is 6.92 Å². The molecule has 0 unspecified atom stereocenters. The van der Waals surface area contributed by atoms with Gasteiger partial charge in [-0.1, -0.05) is 24.4 Å². The van der Waals surface area contributed by atoms with Crippen LogP contribution in [0.15, 0.2) is 64.4 Å². The molecular weight excluding hydrogens is 376 g/mol. The first kappa shape index (κ1) is 18.3. The molecule has 3 rings (SSSR count). The van der Waals surface area contributed by atoms with Gasteiger partial charge in [0.25, 0.3) is 0 Å². The predicted molar refractivity (Wildman–Crippen MR) is 87.0 cm³/mol. The lowest BCUT2D eigenvalue weighted by Gasteiger charge is -2.31. The van der Waals surface area contributed by atoms with Crippen LogP contribution in [0, 0.1) is 0 Å². The number of nitrogens with zero attached hydrogens (tertiary/aromatic N) is 2. The minimum Gasteiger partial charge on any atom is -0.463 e. The highest BCUT2D eigenvalue weighted by Gasteiger charge is 2.59. The Hall–Kier alpha value is -2.49. The summed E-state index contributed by atoms with van der Waals surface area (Å²) in [6.07, 6.45) is 3.67. The summed E-state index contributed by atoms with van der Waals surface area (Å²) < 4.78 is 65.6. The third-order valence-electron chi connectivity index (χ3n) is 3.47. The normalized spacial score (nSPS) is 25.3. The first-order valence-electron chi connectivity index (χ1n) is 7.24. The average molecular weight is 388 g/mol. The smallest absolute Gasteiger partial charge is 0.342 e. The van der Waals surface area contributed by atoms with Gasteiger partial charge in [-0.05, 0) is 12.2 Å². The quantitative estimate of drug-likeness (QED) is 0.672. The second-order valence-electron chi connectivity index (χ2n) is 5.45. The lowest BCUT2D eigenvalue weighted by Crippen LogP contribution is -2.43. The molecule has 0 saturated carbocycles. The molecule has 0 bridgehead atoms. The Morgan fingerprint density at radius 3 is 2.77 bits per heavy atom. The third kappa shape index (κ3) is 3.16. The number of aliphatic imine (C=N–C) groups is 1. The van der Waals surface area contributed by atoms with E-state index in [4.69, 9.17) is 9.47 Å². The first-order valence-corrected chi connectivity index (χ1v) is 8.05. The number of amidine groups is 1. The summed E-state index contributed by atoms with van der Waals surface area (Å²) in [5.74, 6) is -9.96. The Bertz CT molecular complexity index is 827. The second-order valence-corrected chi connectivity index (χ2v) is 6.60. The van der Waals surface area contributed by atoms with E-state index in [0.717, 1.165) is 36.4 Å². The number of hydrogen-bond donors (Lipinski definition) is 0. The minimum absolute atomic E-state index is 0.0804. The van der Waals surface area contributed by atoms with Crippen molar-refractivity contribution in [1.82, 2.24) is 4.90 Å². The Morgan fingerprint density at radius 2 is 2.08 bits per heavy atom. The summed E-state index contributed by atoms with van der Waals surface area (Å²) in [7, 11) is 0. The van der Waals surface area contributed by atoms with Crippen LogP contribution < -0.4 is 0 Å². The van der Waals surface area contributed by atoms with Crippen molar-refractivity contribution in [3.05, 3.63) is 59.5 Å². The topological polar surface area (TPSA) is 51.1 Å². The molecule has 5 nitrogen and oxygen atoms in total. The zero-order valence-electron chi connectivity index (χ0n) is 13.3. The Morgan fingerprint density at radius 1 is 1.35 bits per heavy atom. The molecule has 2 heterocycles. The number of thioether (sulfide) groups is 1. The molecule has 1 aliphatic carbocycles. The van der Waals surface area contributed by atoms with E-state index in [2.05, 4.69) is 11.6 Å². The molecule has 1 saturated heterocycles. The first-order chi connectivity index (χ1) is 12.1. The van der Waals surface area contributed by atoms with Crippen molar-refractivity contribution in [2.45, 2.75) is 18.8 Å². The number of carbonyl (C=O) groups is 1. The number of alkyl halides is 4. The number of halogens is 4. The SMILES string of the molecule is C=C1CN(C2=COC=C(C3=CC=CC(F)(F)C3(F)F)O2)C(=NC(C)=O)S1. The molecule has 1 amide bonds. The summed E-state index contributed by atoms with van der Waals surface area (Å²) >= 11 is 1.10. The van der Waals surface area contributed by atoms with Gasteiger partial charge >= 0.3 is 11.8 Å². The molecule has 10 heteroatoms. The summed E-state index contributed by atoms with van der Waals surface area (Å²) in [5, 5.41) is 0.216. The van der Waals surface area contributed by atoms with Crippen molar-refractivity contribution >= 4 is 22.8 Å².